The van der Waals surface area contributed by atoms with E-state index in [0.29, 0.717) is 27.8 Å². The van der Waals surface area contributed by atoms with Crippen LogP contribution in [-0.2, 0) is 10.0 Å². The number of benzene rings is 3. The molecule has 7 rings (SSSR count). The number of furan rings is 1. The van der Waals surface area contributed by atoms with E-state index in [1.54, 1.807) is 61.9 Å². The van der Waals surface area contributed by atoms with Crippen LogP contribution >= 0.6 is 0 Å². The summed E-state index contributed by atoms with van der Waals surface area (Å²) in [6.45, 7) is 8.09. The van der Waals surface area contributed by atoms with Crippen LogP contribution in [0, 0.1) is 13.8 Å². The number of carbonyl (C=O) groups excluding carboxylic acids is 1. The maximum atomic E-state index is 14.0. The van der Waals surface area contributed by atoms with Crippen molar-refractivity contribution in [3.63, 3.8) is 0 Å². The molecule has 0 spiro atoms. The molecule has 6 aromatic rings. The summed E-state index contributed by atoms with van der Waals surface area (Å²) >= 11 is 0. The zero-order valence-electron chi connectivity index (χ0n) is 27.4. The number of likely N-dealkylation sites (N-methyl/N-ethyl adjacent to an activating group) is 1. The fraction of sp³-hybridized carbons (Fsp3) is 0.211. The van der Waals surface area contributed by atoms with E-state index in [0.717, 1.165) is 48.4 Å². The number of nitrogens with zero attached hydrogens (tertiary/aromatic N) is 5. The van der Waals surface area contributed by atoms with Gasteiger partial charge in [-0.2, -0.15) is 0 Å². The highest BCUT2D eigenvalue weighted by molar-refractivity contribution is 7.90. The van der Waals surface area contributed by atoms with Crippen molar-refractivity contribution in [1.82, 2.24) is 13.9 Å². The molecule has 1 aliphatic rings. The molecule has 0 N–H and O–H groups in total. The number of hydrogen-bond donors (Lipinski definition) is 0. The fourth-order valence-corrected chi connectivity index (χ4v) is 7.59. The van der Waals surface area contributed by atoms with Crippen molar-refractivity contribution in [3.05, 3.63) is 120 Å². The van der Waals surface area contributed by atoms with E-state index in [1.807, 2.05) is 25.1 Å². The molecular formula is C38H37N5O4S. The van der Waals surface area contributed by atoms with E-state index < -0.39 is 10.0 Å². The number of anilines is 2. The second kappa shape index (κ2) is 12.4. The Bertz CT molecular complexity index is 2220. The highest BCUT2D eigenvalue weighted by Gasteiger charge is 2.24. The van der Waals surface area contributed by atoms with E-state index in [2.05, 4.69) is 42.0 Å². The van der Waals surface area contributed by atoms with Gasteiger partial charge in [-0.15, -0.1) is 0 Å². The molecule has 1 saturated heterocycles. The van der Waals surface area contributed by atoms with Crippen molar-refractivity contribution in [2.45, 2.75) is 18.7 Å². The Hall–Kier alpha value is -5.19. The zero-order valence-corrected chi connectivity index (χ0v) is 28.2. The number of carbonyl (C=O) groups is 1. The van der Waals surface area contributed by atoms with Crippen LogP contribution in [0.25, 0.3) is 33.3 Å². The third-order valence-corrected chi connectivity index (χ3v) is 10.9. The Kier molecular flexibility index (Phi) is 8.14. The molecule has 0 atom stereocenters. The van der Waals surface area contributed by atoms with Crippen LogP contribution in [0.5, 0.6) is 0 Å². The van der Waals surface area contributed by atoms with Gasteiger partial charge in [-0.25, -0.2) is 17.4 Å². The number of rotatable bonds is 7. The maximum absolute atomic E-state index is 14.0. The second-order valence-corrected chi connectivity index (χ2v) is 14.3. The molecule has 0 unspecified atom stereocenters. The molecule has 3 aromatic carbocycles. The smallest absolute Gasteiger partial charge is 0.269 e. The summed E-state index contributed by atoms with van der Waals surface area (Å²) in [5.41, 5.74) is 8.20. The minimum absolute atomic E-state index is 0.181. The summed E-state index contributed by atoms with van der Waals surface area (Å²) in [4.78, 5) is 24.4. The van der Waals surface area contributed by atoms with Gasteiger partial charge in [0.25, 0.3) is 15.9 Å². The number of pyridine rings is 1. The normalized spacial score (nSPS) is 14.0. The van der Waals surface area contributed by atoms with Gasteiger partial charge in [-0.1, -0.05) is 35.9 Å². The van der Waals surface area contributed by atoms with Gasteiger partial charge in [0.05, 0.1) is 16.8 Å². The van der Waals surface area contributed by atoms with Crippen molar-refractivity contribution in [2.75, 3.05) is 50.1 Å². The van der Waals surface area contributed by atoms with Crippen LogP contribution in [0.4, 0.5) is 11.4 Å². The molecule has 0 radical (unpaired) electrons. The summed E-state index contributed by atoms with van der Waals surface area (Å²) in [7, 11) is -0.114. The summed E-state index contributed by atoms with van der Waals surface area (Å²) in [6, 6.07) is 24.2. The van der Waals surface area contributed by atoms with Crippen molar-refractivity contribution in [1.29, 1.82) is 0 Å². The van der Waals surface area contributed by atoms with Gasteiger partial charge < -0.3 is 19.1 Å². The van der Waals surface area contributed by atoms with Gasteiger partial charge in [0, 0.05) is 79.5 Å². The third kappa shape index (κ3) is 5.78. The first-order chi connectivity index (χ1) is 23.1. The van der Waals surface area contributed by atoms with Crippen LogP contribution < -0.4 is 9.80 Å². The molecule has 244 valence electrons. The molecule has 1 amide bonds. The molecule has 0 aliphatic carbocycles. The van der Waals surface area contributed by atoms with Crippen molar-refractivity contribution < 1.29 is 17.6 Å². The van der Waals surface area contributed by atoms with Gasteiger partial charge in [0.15, 0.2) is 5.65 Å². The summed E-state index contributed by atoms with van der Waals surface area (Å²) in [6.07, 6.45) is 6.41. The molecule has 3 aromatic heterocycles. The first-order valence-electron chi connectivity index (χ1n) is 15.9. The maximum Gasteiger partial charge on any atom is 0.269 e. The lowest BCUT2D eigenvalue weighted by molar-refractivity contribution is 0.0993. The number of fused-ring (bicyclic) bond motifs is 1. The first kappa shape index (κ1) is 31.4. The van der Waals surface area contributed by atoms with E-state index in [-0.39, 0.29) is 10.8 Å². The summed E-state index contributed by atoms with van der Waals surface area (Å²) in [5.74, 6) is -0.188. The average molecular weight is 660 g/mol. The highest BCUT2D eigenvalue weighted by atomic mass is 32.2. The Morgan fingerprint density at radius 1 is 0.854 bits per heavy atom. The third-order valence-electron chi connectivity index (χ3n) is 9.20. The highest BCUT2D eigenvalue weighted by Crippen LogP contribution is 2.36. The van der Waals surface area contributed by atoms with E-state index >= 15 is 0 Å². The van der Waals surface area contributed by atoms with Crippen molar-refractivity contribution >= 4 is 38.3 Å². The van der Waals surface area contributed by atoms with Crippen LogP contribution in [-0.4, -0.2) is 68.5 Å². The standard InChI is InChI=1S/C38H37N5O4S/c1-26-5-12-33(13-6-26)48(45,46)43-24-35(28-7-9-29(10-8-28)38(44)41(4)32-15-20-47-25-32)34-22-31(23-39-37(34)43)30-11-14-36(27(2)21-30)42-18-16-40(3)17-19-42/h5-15,20-25H,16-19H2,1-4H3. The molecule has 1 fully saturated rings. The van der Waals surface area contributed by atoms with Crippen LogP contribution in [0.3, 0.4) is 0 Å². The lowest BCUT2D eigenvalue weighted by Crippen LogP contribution is -2.44. The second-order valence-electron chi connectivity index (χ2n) is 12.5. The minimum atomic E-state index is -3.96. The predicted octanol–water partition coefficient (Wildman–Crippen LogP) is 6.85. The zero-order chi connectivity index (χ0) is 33.6. The lowest BCUT2D eigenvalue weighted by atomic mass is 9.99. The average Bonchev–Trinajstić information content (AvgIpc) is 3.78. The predicted molar refractivity (Wildman–Crippen MR) is 190 cm³/mol. The monoisotopic (exact) mass is 659 g/mol. The van der Waals surface area contributed by atoms with Gasteiger partial charge in [0.1, 0.15) is 6.26 Å². The number of aromatic nitrogens is 2. The molecular weight excluding hydrogens is 623 g/mol. The molecule has 9 nitrogen and oxygen atoms in total. The van der Waals surface area contributed by atoms with Crippen LogP contribution in [0.15, 0.2) is 113 Å². The molecule has 1 aliphatic heterocycles. The van der Waals surface area contributed by atoms with Crippen LogP contribution in [0.2, 0.25) is 0 Å². The fourth-order valence-electron chi connectivity index (χ4n) is 6.26. The lowest BCUT2D eigenvalue weighted by Gasteiger charge is -2.35. The van der Waals surface area contributed by atoms with Gasteiger partial charge >= 0.3 is 0 Å². The van der Waals surface area contributed by atoms with Crippen molar-refractivity contribution in [3.8, 4) is 22.3 Å². The van der Waals surface area contributed by atoms with E-state index in [4.69, 9.17) is 9.40 Å². The Labute approximate surface area is 280 Å². The van der Waals surface area contributed by atoms with Gasteiger partial charge in [0.2, 0.25) is 0 Å². The number of hydrogen-bond acceptors (Lipinski definition) is 7. The first-order valence-corrected chi connectivity index (χ1v) is 17.3. The quantitative estimate of drug-likeness (QED) is 0.185. The largest absolute Gasteiger partial charge is 0.470 e. The summed E-state index contributed by atoms with van der Waals surface area (Å²) in [5, 5.41) is 0.693. The van der Waals surface area contributed by atoms with Crippen molar-refractivity contribution in [2.24, 2.45) is 0 Å². The van der Waals surface area contributed by atoms with E-state index in [9.17, 15) is 13.2 Å². The summed E-state index contributed by atoms with van der Waals surface area (Å²) < 4.78 is 34.4. The number of aryl methyl sites for hydroxylation is 2. The SMILES string of the molecule is Cc1ccc(S(=O)(=O)n2cc(-c3ccc(C(=O)N(C)c4ccoc4)cc3)c3cc(-c4ccc(N5CCN(C)CC5)c(C)c4)cnc32)cc1. The molecule has 0 saturated carbocycles. The number of amides is 1. The Balaban J connectivity index is 1.30. The topological polar surface area (TPSA) is 91.9 Å². The molecule has 4 heterocycles. The molecule has 48 heavy (non-hydrogen) atoms. The Morgan fingerprint density at radius 2 is 1.56 bits per heavy atom. The number of piperazine rings is 1. The van der Waals surface area contributed by atoms with Crippen LogP contribution in [0.1, 0.15) is 21.5 Å². The van der Waals surface area contributed by atoms with Gasteiger partial charge in [-0.05, 0) is 80.1 Å². The van der Waals surface area contributed by atoms with Gasteiger partial charge in [-0.3, -0.25) is 4.79 Å². The molecule has 10 heteroatoms. The molecule has 0 bridgehead atoms. The minimum Gasteiger partial charge on any atom is -0.470 e. The Morgan fingerprint density at radius 3 is 2.23 bits per heavy atom. The van der Waals surface area contributed by atoms with E-state index in [1.165, 1.54) is 32.6 Å².